The first-order valence-corrected chi connectivity index (χ1v) is 12.3. The highest BCUT2D eigenvalue weighted by Crippen LogP contribution is 2.33. The Morgan fingerprint density at radius 2 is 1.75 bits per heavy atom. The number of aromatic nitrogens is 2. The average Bonchev–Trinajstić information content (AvgIpc) is 3.47. The van der Waals surface area contributed by atoms with E-state index in [4.69, 9.17) is 9.72 Å². The Kier molecular flexibility index (Phi) is 5.85. The molecule has 180 valence electrons. The Bertz CT molecular complexity index is 1560. The molecule has 0 aliphatic carbocycles. The molecule has 36 heavy (non-hydrogen) atoms. The molecule has 2 heterocycles. The standard InChI is InChI=1S/C30H26FN3O2/c31-23-10-6-11-24(19-23)34-20-22(18-29(34)35)30-32-26-13-3-4-14-27(26)33(30)16-7-17-36-28-15-5-9-21-8-1-2-12-25(21)28/h1-6,8-15,19,22H,7,16-18,20H2. The minimum absolute atomic E-state index is 0.0107. The minimum Gasteiger partial charge on any atom is -0.493 e. The molecule has 1 unspecified atom stereocenters. The van der Waals surface area contributed by atoms with E-state index in [1.807, 2.05) is 42.5 Å². The number of rotatable bonds is 7. The second-order valence-electron chi connectivity index (χ2n) is 9.17. The molecular weight excluding hydrogens is 453 g/mol. The van der Waals surface area contributed by atoms with Crippen molar-refractivity contribution in [2.24, 2.45) is 0 Å². The van der Waals surface area contributed by atoms with Crippen molar-refractivity contribution >= 4 is 33.4 Å². The summed E-state index contributed by atoms with van der Waals surface area (Å²) in [5.74, 6) is 1.36. The van der Waals surface area contributed by atoms with Crippen LogP contribution < -0.4 is 9.64 Å². The highest BCUT2D eigenvalue weighted by Gasteiger charge is 2.34. The van der Waals surface area contributed by atoms with Gasteiger partial charge in [-0.15, -0.1) is 0 Å². The number of halogens is 1. The fourth-order valence-corrected chi connectivity index (χ4v) is 5.14. The molecule has 1 amide bonds. The first-order chi connectivity index (χ1) is 17.7. The molecule has 1 aromatic heterocycles. The zero-order valence-electron chi connectivity index (χ0n) is 19.8. The van der Waals surface area contributed by atoms with Gasteiger partial charge in [-0.3, -0.25) is 4.79 Å². The lowest BCUT2D eigenvalue weighted by Crippen LogP contribution is -2.24. The minimum atomic E-state index is -0.345. The van der Waals surface area contributed by atoms with Crippen LogP contribution in [0.1, 0.15) is 24.6 Å². The third-order valence-electron chi connectivity index (χ3n) is 6.83. The number of ether oxygens (including phenoxy) is 1. The third-order valence-corrected chi connectivity index (χ3v) is 6.83. The second kappa shape index (κ2) is 9.46. The molecule has 0 spiro atoms. The van der Waals surface area contributed by atoms with Crippen LogP contribution in [0.2, 0.25) is 0 Å². The van der Waals surface area contributed by atoms with Gasteiger partial charge in [0.1, 0.15) is 17.4 Å². The normalized spacial score (nSPS) is 15.8. The largest absolute Gasteiger partial charge is 0.493 e. The Labute approximate surface area is 208 Å². The Morgan fingerprint density at radius 3 is 2.67 bits per heavy atom. The van der Waals surface area contributed by atoms with E-state index in [0.29, 0.717) is 25.3 Å². The number of fused-ring (bicyclic) bond motifs is 2. The molecule has 1 aliphatic rings. The van der Waals surface area contributed by atoms with Crippen molar-refractivity contribution in [3.63, 3.8) is 0 Å². The lowest BCUT2D eigenvalue weighted by atomic mass is 10.1. The molecule has 1 atom stereocenters. The molecule has 0 radical (unpaired) electrons. The number of para-hydroxylation sites is 2. The van der Waals surface area contributed by atoms with Crippen molar-refractivity contribution in [3.05, 3.63) is 103 Å². The first-order valence-electron chi connectivity index (χ1n) is 12.3. The lowest BCUT2D eigenvalue weighted by molar-refractivity contribution is -0.117. The third kappa shape index (κ3) is 4.19. The van der Waals surface area contributed by atoms with Gasteiger partial charge in [-0.2, -0.15) is 0 Å². The molecule has 1 fully saturated rings. The molecule has 0 saturated carbocycles. The van der Waals surface area contributed by atoms with E-state index < -0.39 is 0 Å². The van der Waals surface area contributed by atoms with Crippen LogP contribution in [0, 0.1) is 5.82 Å². The number of amides is 1. The van der Waals surface area contributed by atoms with Crippen LogP contribution in [0.25, 0.3) is 21.8 Å². The van der Waals surface area contributed by atoms with E-state index in [9.17, 15) is 9.18 Å². The molecule has 6 heteroatoms. The first kappa shape index (κ1) is 22.3. The van der Waals surface area contributed by atoms with Crippen LogP contribution in [0.5, 0.6) is 5.75 Å². The van der Waals surface area contributed by atoms with E-state index in [0.717, 1.165) is 46.3 Å². The van der Waals surface area contributed by atoms with Crippen molar-refractivity contribution in [2.75, 3.05) is 18.1 Å². The number of imidazole rings is 1. The number of anilines is 1. The Balaban J connectivity index is 1.21. The number of hydrogen-bond donors (Lipinski definition) is 0. The van der Waals surface area contributed by atoms with Gasteiger partial charge in [0.2, 0.25) is 5.91 Å². The molecule has 5 aromatic rings. The van der Waals surface area contributed by atoms with Gasteiger partial charge < -0.3 is 14.2 Å². The van der Waals surface area contributed by atoms with Gasteiger partial charge in [-0.25, -0.2) is 9.37 Å². The maximum absolute atomic E-state index is 13.8. The number of nitrogens with zero attached hydrogens (tertiary/aromatic N) is 3. The van der Waals surface area contributed by atoms with E-state index in [1.165, 1.54) is 12.1 Å². The summed E-state index contributed by atoms with van der Waals surface area (Å²) in [6, 6.07) is 28.6. The van der Waals surface area contributed by atoms with Gasteiger partial charge in [0, 0.05) is 36.5 Å². The van der Waals surface area contributed by atoms with Crippen LogP contribution in [-0.2, 0) is 11.3 Å². The van der Waals surface area contributed by atoms with E-state index in [2.05, 4.69) is 28.8 Å². The van der Waals surface area contributed by atoms with Gasteiger partial charge in [0.05, 0.1) is 17.6 Å². The summed E-state index contributed by atoms with van der Waals surface area (Å²) in [5.41, 5.74) is 2.56. The number of aryl methyl sites for hydroxylation is 1. The summed E-state index contributed by atoms with van der Waals surface area (Å²) in [4.78, 5) is 19.5. The quantitative estimate of drug-likeness (QED) is 0.257. The molecule has 4 aromatic carbocycles. The topological polar surface area (TPSA) is 47.4 Å². The molecule has 0 N–H and O–H groups in total. The van der Waals surface area contributed by atoms with Crippen molar-refractivity contribution in [2.45, 2.75) is 25.3 Å². The average molecular weight is 480 g/mol. The summed E-state index contributed by atoms with van der Waals surface area (Å²) in [7, 11) is 0. The SMILES string of the molecule is O=C1CC(c2nc3ccccc3n2CCCOc2cccc3ccccc23)CN1c1cccc(F)c1. The van der Waals surface area contributed by atoms with Crippen LogP contribution in [0.4, 0.5) is 10.1 Å². The second-order valence-corrected chi connectivity index (χ2v) is 9.17. The van der Waals surface area contributed by atoms with Gasteiger partial charge in [-0.05, 0) is 48.2 Å². The fourth-order valence-electron chi connectivity index (χ4n) is 5.14. The van der Waals surface area contributed by atoms with E-state index in [-0.39, 0.29) is 17.6 Å². The summed E-state index contributed by atoms with van der Waals surface area (Å²) in [6.07, 6.45) is 1.15. The van der Waals surface area contributed by atoms with Gasteiger partial charge in [-0.1, -0.05) is 54.6 Å². The fraction of sp³-hybridized carbons (Fsp3) is 0.200. The zero-order valence-corrected chi connectivity index (χ0v) is 19.8. The molecule has 6 rings (SSSR count). The predicted octanol–water partition coefficient (Wildman–Crippen LogP) is 6.32. The number of benzene rings is 4. The highest BCUT2D eigenvalue weighted by molar-refractivity contribution is 5.96. The summed E-state index contributed by atoms with van der Waals surface area (Å²) < 4.78 is 22.2. The highest BCUT2D eigenvalue weighted by atomic mass is 19.1. The zero-order chi connectivity index (χ0) is 24.5. The monoisotopic (exact) mass is 479 g/mol. The van der Waals surface area contributed by atoms with Gasteiger partial charge >= 0.3 is 0 Å². The summed E-state index contributed by atoms with van der Waals surface area (Å²) in [5, 5.41) is 2.27. The van der Waals surface area contributed by atoms with Crippen molar-refractivity contribution in [1.29, 1.82) is 0 Å². The lowest BCUT2D eigenvalue weighted by Gasteiger charge is -2.17. The summed E-state index contributed by atoms with van der Waals surface area (Å²) >= 11 is 0. The van der Waals surface area contributed by atoms with Gasteiger partial charge in [0.25, 0.3) is 0 Å². The van der Waals surface area contributed by atoms with E-state index >= 15 is 0 Å². The molecule has 1 aliphatic heterocycles. The van der Waals surface area contributed by atoms with Gasteiger partial charge in [0.15, 0.2) is 0 Å². The van der Waals surface area contributed by atoms with Crippen LogP contribution >= 0.6 is 0 Å². The Hall–Kier alpha value is -4.19. The number of hydrogen-bond acceptors (Lipinski definition) is 3. The van der Waals surface area contributed by atoms with Crippen molar-refractivity contribution in [1.82, 2.24) is 9.55 Å². The number of carbonyl (C=O) groups is 1. The molecule has 5 nitrogen and oxygen atoms in total. The molecule has 0 bridgehead atoms. The van der Waals surface area contributed by atoms with Crippen LogP contribution in [0.3, 0.4) is 0 Å². The maximum Gasteiger partial charge on any atom is 0.227 e. The van der Waals surface area contributed by atoms with Crippen LogP contribution in [-0.4, -0.2) is 28.6 Å². The van der Waals surface area contributed by atoms with Crippen molar-refractivity contribution in [3.8, 4) is 5.75 Å². The molecule has 1 saturated heterocycles. The van der Waals surface area contributed by atoms with Crippen molar-refractivity contribution < 1.29 is 13.9 Å². The number of carbonyl (C=O) groups excluding carboxylic acids is 1. The molecular formula is C30H26FN3O2. The van der Waals surface area contributed by atoms with E-state index in [1.54, 1.807) is 17.0 Å². The smallest absolute Gasteiger partial charge is 0.227 e. The Morgan fingerprint density at radius 1 is 0.944 bits per heavy atom. The maximum atomic E-state index is 13.8. The predicted molar refractivity (Wildman–Crippen MR) is 140 cm³/mol. The summed E-state index contributed by atoms with van der Waals surface area (Å²) in [6.45, 7) is 1.78. The van der Waals surface area contributed by atoms with Crippen LogP contribution in [0.15, 0.2) is 91.0 Å².